The van der Waals surface area contributed by atoms with E-state index in [4.69, 9.17) is 14.4 Å². The first kappa shape index (κ1) is 23.2. The lowest BCUT2D eigenvalue weighted by molar-refractivity contribution is -0.660. The number of fused-ring (bicyclic) bond motifs is 3. The van der Waals surface area contributed by atoms with Crippen LogP contribution in [0.5, 0.6) is 0 Å². The minimum Gasteiger partial charge on any atom is -0.455 e. The lowest BCUT2D eigenvalue weighted by atomic mass is 9.89. The Morgan fingerprint density at radius 2 is 1.54 bits per heavy atom. The van der Waals surface area contributed by atoms with Crippen molar-refractivity contribution in [1.29, 1.82) is 0 Å². The van der Waals surface area contributed by atoms with Gasteiger partial charge in [0, 0.05) is 39.3 Å². The van der Waals surface area contributed by atoms with Gasteiger partial charge in [0.05, 0.1) is 17.0 Å². The van der Waals surface area contributed by atoms with Crippen LogP contribution in [0.3, 0.4) is 0 Å². The summed E-state index contributed by atoms with van der Waals surface area (Å²) in [6.07, 6.45) is 2.07. The summed E-state index contributed by atoms with van der Waals surface area (Å²) in [7, 11) is 2.07. The molecule has 0 aliphatic carbocycles. The minimum atomic E-state index is -0.142. The van der Waals surface area contributed by atoms with Crippen molar-refractivity contribution in [3.63, 3.8) is 0 Å². The first-order valence-electron chi connectivity index (χ1n) is 12.2. The minimum absolute atomic E-state index is 0.0706. The number of hydrogen-bond donors (Lipinski definition) is 0. The fourth-order valence-corrected chi connectivity index (χ4v) is 4.51. The summed E-state index contributed by atoms with van der Waals surface area (Å²) in [5, 5.41) is 2.24. The topological polar surface area (TPSA) is 42.8 Å². The number of aromatic nitrogens is 3. The van der Waals surface area contributed by atoms with Gasteiger partial charge >= 0.3 is 0 Å². The van der Waals surface area contributed by atoms with Crippen molar-refractivity contribution in [2.24, 2.45) is 7.05 Å². The Hall–Kier alpha value is -3.53. The van der Waals surface area contributed by atoms with Crippen LogP contribution in [0, 0.1) is 6.92 Å². The lowest BCUT2D eigenvalue weighted by Gasteiger charge is -2.23. The molecular weight excluding hydrogens is 430 g/mol. The molecule has 4 heteroatoms. The van der Waals surface area contributed by atoms with Gasteiger partial charge in [-0.2, -0.15) is 0 Å². The molecule has 2 aromatic carbocycles. The highest BCUT2D eigenvalue weighted by atomic mass is 16.3. The van der Waals surface area contributed by atoms with Gasteiger partial charge in [-0.1, -0.05) is 59.7 Å². The molecule has 5 aromatic rings. The summed E-state index contributed by atoms with van der Waals surface area (Å²) in [5.41, 5.74) is 8.07. The van der Waals surface area contributed by atoms with Gasteiger partial charge in [-0.05, 0) is 36.8 Å². The highest BCUT2D eigenvalue weighted by molar-refractivity contribution is 6.10. The number of rotatable bonds is 2. The van der Waals surface area contributed by atoms with E-state index in [9.17, 15) is 0 Å². The Labute approximate surface area is 207 Å². The molecule has 0 amide bonds. The summed E-state index contributed by atoms with van der Waals surface area (Å²) >= 11 is 0. The van der Waals surface area contributed by atoms with Crippen molar-refractivity contribution in [3.05, 3.63) is 77.9 Å². The summed E-state index contributed by atoms with van der Waals surface area (Å²) in [6, 6.07) is 19.2. The predicted molar refractivity (Wildman–Crippen MR) is 143 cm³/mol. The van der Waals surface area contributed by atoms with Gasteiger partial charge in [0.15, 0.2) is 6.20 Å². The highest BCUT2D eigenvalue weighted by Crippen LogP contribution is 2.38. The van der Waals surface area contributed by atoms with Gasteiger partial charge in [-0.25, -0.2) is 14.5 Å². The van der Waals surface area contributed by atoms with Crippen LogP contribution in [0.4, 0.5) is 0 Å². The van der Waals surface area contributed by atoms with Crippen molar-refractivity contribution in [3.8, 4) is 22.5 Å². The van der Waals surface area contributed by atoms with Crippen LogP contribution in [0.25, 0.3) is 44.5 Å². The van der Waals surface area contributed by atoms with E-state index in [2.05, 4.69) is 115 Å². The fraction of sp³-hybridized carbons (Fsp3) is 0.323. The third-order valence-corrected chi connectivity index (χ3v) is 6.62. The van der Waals surface area contributed by atoms with Gasteiger partial charge in [0.1, 0.15) is 24.0 Å². The van der Waals surface area contributed by atoms with E-state index < -0.39 is 0 Å². The standard InChI is InChI=1S/C31H34N3O/c1-19-12-14-22-21-15-13-20(23-18-26(30(2,3)4)33-29(32-23)31(5,6)7)17-25(21)35-28(22)27(19)24-11-9-10-16-34(24)8/h9-18H,1-8H3/q+1. The van der Waals surface area contributed by atoms with Crippen molar-refractivity contribution in [2.45, 2.75) is 59.3 Å². The highest BCUT2D eigenvalue weighted by Gasteiger charge is 2.25. The Bertz CT molecular complexity index is 1550. The largest absolute Gasteiger partial charge is 0.455 e. The summed E-state index contributed by atoms with van der Waals surface area (Å²) in [4.78, 5) is 9.91. The quantitative estimate of drug-likeness (QED) is 0.255. The van der Waals surface area contributed by atoms with E-state index in [1.54, 1.807) is 0 Å². The van der Waals surface area contributed by atoms with Gasteiger partial charge in [-0.3, -0.25) is 0 Å². The van der Waals surface area contributed by atoms with Crippen molar-refractivity contribution >= 4 is 21.9 Å². The van der Waals surface area contributed by atoms with E-state index in [1.807, 2.05) is 6.07 Å². The smallest absolute Gasteiger partial charge is 0.216 e. The number of pyridine rings is 1. The first-order valence-corrected chi connectivity index (χ1v) is 12.2. The normalized spacial score (nSPS) is 12.6. The van der Waals surface area contributed by atoms with Crippen LogP contribution in [-0.2, 0) is 17.9 Å². The van der Waals surface area contributed by atoms with E-state index in [1.165, 1.54) is 5.56 Å². The lowest BCUT2D eigenvalue weighted by Crippen LogP contribution is -2.30. The molecule has 0 unspecified atom stereocenters. The van der Waals surface area contributed by atoms with Crippen LogP contribution < -0.4 is 4.57 Å². The zero-order valence-electron chi connectivity index (χ0n) is 22.0. The summed E-state index contributed by atoms with van der Waals surface area (Å²) in [5.74, 6) is 0.860. The number of benzene rings is 2. The van der Waals surface area contributed by atoms with E-state index in [0.717, 1.165) is 56.0 Å². The molecule has 0 bridgehead atoms. The maximum absolute atomic E-state index is 6.57. The molecule has 0 aliphatic rings. The Morgan fingerprint density at radius 1 is 0.800 bits per heavy atom. The third-order valence-electron chi connectivity index (χ3n) is 6.62. The first-order chi connectivity index (χ1) is 16.4. The van der Waals surface area contributed by atoms with Crippen molar-refractivity contribution < 1.29 is 8.98 Å². The Kier molecular flexibility index (Phi) is 5.32. The molecule has 0 fully saturated rings. The molecule has 5 rings (SSSR count). The van der Waals surface area contributed by atoms with Gasteiger partial charge in [-0.15, -0.1) is 0 Å². The molecular formula is C31H34N3O+. The second-order valence-corrected chi connectivity index (χ2v) is 11.6. The Balaban J connectivity index is 1.74. The maximum Gasteiger partial charge on any atom is 0.216 e. The molecule has 0 saturated carbocycles. The summed E-state index contributed by atoms with van der Waals surface area (Å²) in [6.45, 7) is 15.2. The maximum atomic E-state index is 6.57. The zero-order valence-corrected chi connectivity index (χ0v) is 22.0. The predicted octanol–water partition coefficient (Wildman–Crippen LogP) is 7.44. The number of hydrogen-bond acceptors (Lipinski definition) is 3. The molecule has 0 saturated heterocycles. The molecule has 0 spiro atoms. The third kappa shape index (κ3) is 4.12. The van der Waals surface area contributed by atoms with Crippen molar-refractivity contribution in [2.75, 3.05) is 0 Å². The molecule has 0 aliphatic heterocycles. The average molecular weight is 465 g/mol. The second kappa shape index (κ2) is 8.01. The molecule has 0 radical (unpaired) electrons. The van der Waals surface area contributed by atoms with Gasteiger partial charge in [0.25, 0.3) is 0 Å². The van der Waals surface area contributed by atoms with Crippen LogP contribution in [-0.4, -0.2) is 9.97 Å². The number of aryl methyl sites for hydroxylation is 2. The Morgan fingerprint density at radius 3 is 2.23 bits per heavy atom. The van der Waals surface area contributed by atoms with Gasteiger partial charge in [0.2, 0.25) is 5.69 Å². The molecule has 178 valence electrons. The molecule has 0 atom stereocenters. The van der Waals surface area contributed by atoms with Gasteiger partial charge < -0.3 is 4.42 Å². The average Bonchev–Trinajstić information content (AvgIpc) is 3.16. The van der Waals surface area contributed by atoms with Crippen LogP contribution in [0.15, 0.2) is 65.2 Å². The fourth-order valence-electron chi connectivity index (χ4n) is 4.51. The monoisotopic (exact) mass is 464 g/mol. The number of nitrogens with zero attached hydrogens (tertiary/aromatic N) is 3. The zero-order chi connectivity index (χ0) is 25.1. The molecule has 3 aromatic heterocycles. The van der Waals surface area contributed by atoms with E-state index in [0.29, 0.717) is 0 Å². The van der Waals surface area contributed by atoms with E-state index >= 15 is 0 Å². The van der Waals surface area contributed by atoms with Crippen molar-refractivity contribution in [1.82, 2.24) is 9.97 Å². The number of furan rings is 1. The summed E-state index contributed by atoms with van der Waals surface area (Å²) < 4.78 is 8.72. The SMILES string of the molecule is Cc1ccc2c(oc3cc(-c4cc(C(C)(C)C)nc(C(C)(C)C)n4)ccc32)c1-c1cccc[n+]1C. The molecule has 4 nitrogen and oxygen atoms in total. The van der Waals surface area contributed by atoms with Crippen LogP contribution >= 0.6 is 0 Å². The van der Waals surface area contributed by atoms with E-state index in [-0.39, 0.29) is 10.8 Å². The van der Waals surface area contributed by atoms with Crippen LogP contribution in [0.1, 0.15) is 58.6 Å². The molecule has 35 heavy (non-hydrogen) atoms. The molecule has 0 N–H and O–H groups in total. The second-order valence-electron chi connectivity index (χ2n) is 11.6. The van der Waals surface area contributed by atoms with Crippen LogP contribution in [0.2, 0.25) is 0 Å². The molecule has 3 heterocycles.